The Kier molecular flexibility index (Phi) is 5.86. The van der Waals surface area contributed by atoms with Gasteiger partial charge in [0.2, 0.25) is 5.91 Å². The van der Waals surface area contributed by atoms with Crippen LogP contribution in [-0.4, -0.2) is 26.0 Å². The van der Waals surface area contributed by atoms with Gasteiger partial charge in [0.25, 0.3) is 0 Å². The van der Waals surface area contributed by atoms with Gasteiger partial charge in [-0.15, -0.1) is 0 Å². The maximum atomic E-state index is 11.9. The standard InChI is InChI=1S/C15H24N2O/c1-15(2,13-8-5-4-6-9-13)12-14(18)17-11-7-10-16-3/h4-6,8-9,16H,7,10-12H2,1-3H3,(H,17,18). The summed E-state index contributed by atoms with van der Waals surface area (Å²) < 4.78 is 0. The Morgan fingerprint density at radius 1 is 1.17 bits per heavy atom. The number of hydrogen-bond donors (Lipinski definition) is 2. The predicted octanol–water partition coefficient (Wildman–Crippen LogP) is 2.08. The van der Waals surface area contributed by atoms with Crippen molar-refractivity contribution in [3.8, 4) is 0 Å². The second-order valence-electron chi connectivity index (χ2n) is 5.23. The van der Waals surface area contributed by atoms with Crippen molar-refractivity contribution in [2.45, 2.75) is 32.1 Å². The molecular weight excluding hydrogens is 224 g/mol. The summed E-state index contributed by atoms with van der Waals surface area (Å²) >= 11 is 0. The van der Waals surface area contributed by atoms with E-state index >= 15 is 0 Å². The van der Waals surface area contributed by atoms with Crippen molar-refractivity contribution in [2.75, 3.05) is 20.1 Å². The number of carbonyl (C=O) groups is 1. The summed E-state index contributed by atoms with van der Waals surface area (Å²) in [5, 5.41) is 6.03. The van der Waals surface area contributed by atoms with Crippen LogP contribution in [0.25, 0.3) is 0 Å². The first-order valence-electron chi connectivity index (χ1n) is 6.53. The fraction of sp³-hybridized carbons (Fsp3) is 0.533. The highest BCUT2D eigenvalue weighted by atomic mass is 16.1. The summed E-state index contributed by atoms with van der Waals surface area (Å²) in [6.45, 7) is 5.89. The summed E-state index contributed by atoms with van der Waals surface area (Å²) in [6.07, 6.45) is 1.49. The fourth-order valence-electron chi connectivity index (χ4n) is 1.95. The van der Waals surface area contributed by atoms with Crippen molar-refractivity contribution in [3.63, 3.8) is 0 Å². The third-order valence-corrected chi connectivity index (χ3v) is 3.08. The maximum Gasteiger partial charge on any atom is 0.220 e. The monoisotopic (exact) mass is 248 g/mol. The molecule has 0 bridgehead atoms. The molecule has 18 heavy (non-hydrogen) atoms. The number of rotatable bonds is 7. The van der Waals surface area contributed by atoms with E-state index in [4.69, 9.17) is 0 Å². The Bertz CT molecular complexity index is 360. The van der Waals surface area contributed by atoms with Crippen LogP contribution in [0.2, 0.25) is 0 Å². The summed E-state index contributed by atoms with van der Waals surface area (Å²) in [4.78, 5) is 11.9. The van der Waals surface area contributed by atoms with Gasteiger partial charge in [0, 0.05) is 13.0 Å². The molecular formula is C15H24N2O. The number of benzene rings is 1. The fourth-order valence-corrected chi connectivity index (χ4v) is 1.95. The van der Waals surface area contributed by atoms with Crippen LogP contribution in [-0.2, 0) is 10.2 Å². The van der Waals surface area contributed by atoms with Crippen molar-refractivity contribution in [2.24, 2.45) is 0 Å². The second-order valence-corrected chi connectivity index (χ2v) is 5.23. The van der Waals surface area contributed by atoms with Gasteiger partial charge in [-0.2, -0.15) is 0 Å². The summed E-state index contributed by atoms with van der Waals surface area (Å²) in [5.74, 6) is 0.125. The van der Waals surface area contributed by atoms with Gasteiger partial charge in [-0.3, -0.25) is 4.79 Å². The lowest BCUT2D eigenvalue weighted by Gasteiger charge is -2.24. The normalized spacial score (nSPS) is 11.3. The third kappa shape index (κ3) is 4.88. The van der Waals surface area contributed by atoms with E-state index in [0.29, 0.717) is 6.42 Å². The predicted molar refractivity (Wildman–Crippen MR) is 75.6 cm³/mol. The molecule has 0 heterocycles. The van der Waals surface area contributed by atoms with Crippen LogP contribution in [0.15, 0.2) is 30.3 Å². The molecule has 3 nitrogen and oxygen atoms in total. The van der Waals surface area contributed by atoms with Crippen molar-refractivity contribution in [3.05, 3.63) is 35.9 Å². The molecule has 1 aromatic rings. The number of hydrogen-bond acceptors (Lipinski definition) is 2. The molecule has 0 aliphatic rings. The lowest BCUT2D eigenvalue weighted by Crippen LogP contribution is -2.32. The van der Waals surface area contributed by atoms with Gasteiger partial charge in [-0.1, -0.05) is 44.2 Å². The second kappa shape index (κ2) is 7.17. The smallest absolute Gasteiger partial charge is 0.220 e. The largest absolute Gasteiger partial charge is 0.356 e. The maximum absolute atomic E-state index is 11.9. The van der Waals surface area contributed by atoms with Crippen LogP contribution in [0.4, 0.5) is 0 Å². The Hall–Kier alpha value is -1.35. The van der Waals surface area contributed by atoms with Crippen LogP contribution in [0.3, 0.4) is 0 Å². The number of carbonyl (C=O) groups excluding carboxylic acids is 1. The number of nitrogens with one attached hydrogen (secondary N) is 2. The summed E-state index contributed by atoms with van der Waals surface area (Å²) in [7, 11) is 1.92. The van der Waals surface area contributed by atoms with Crippen LogP contribution in [0.1, 0.15) is 32.3 Å². The molecule has 0 aliphatic carbocycles. The Labute approximate surface area is 110 Å². The highest BCUT2D eigenvalue weighted by molar-refractivity contribution is 5.77. The molecule has 1 amide bonds. The molecule has 0 aliphatic heterocycles. The molecule has 0 aromatic heterocycles. The molecule has 0 atom stereocenters. The van der Waals surface area contributed by atoms with Gasteiger partial charge in [0.05, 0.1) is 0 Å². The van der Waals surface area contributed by atoms with Crippen molar-refractivity contribution in [1.29, 1.82) is 0 Å². The Balaban J connectivity index is 2.43. The van der Waals surface area contributed by atoms with E-state index in [1.807, 2.05) is 25.2 Å². The topological polar surface area (TPSA) is 41.1 Å². The van der Waals surface area contributed by atoms with Crippen molar-refractivity contribution in [1.82, 2.24) is 10.6 Å². The zero-order valence-corrected chi connectivity index (χ0v) is 11.6. The summed E-state index contributed by atoms with van der Waals surface area (Å²) in [5.41, 5.74) is 1.09. The van der Waals surface area contributed by atoms with Gasteiger partial charge in [0.15, 0.2) is 0 Å². The molecule has 0 fully saturated rings. The van der Waals surface area contributed by atoms with Gasteiger partial charge in [-0.05, 0) is 31.0 Å². The minimum absolute atomic E-state index is 0.117. The van der Waals surface area contributed by atoms with Gasteiger partial charge >= 0.3 is 0 Å². The lowest BCUT2D eigenvalue weighted by atomic mass is 9.81. The average molecular weight is 248 g/mol. The van der Waals surface area contributed by atoms with Gasteiger partial charge in [-0.25, -0.2) is 0 Å². The van der Waals surface area contributed by atoms with Crippen LogP contribution in [0.5, 0.6) is 0 Å². The van der Waals surface area contributed by atoms with E-state index in [1.165, 1.54) is 5.56 Å². The number of amides is 1. The van der Waals surface area contributed by atoms with Gasteiger partial charge in [0.1, 0.15) is 0 Å². The zero-order valence-electron chi connectivity index (χ0n) is 11.6. The highest BCUT2D eigenvalue weighted by Gasteiger charge is 2.23. The molecule has 1 aromatic carbocycles. The van der Waals surface area contributed by atoms with E-state index in [1.54, 1.807) is 0 Å². The lowest BCUT2D eigenvalue weighted by molar-refractivity contribution is -0.122. The SMILES string of the molecule is CNCCCNC(=O)CC(C)(C)c1ccccc1. The van der Waals surface area contributed by atoms with Crippen molar-refractivity contribution < 1.29 is 4.79 Å². The highest BCUT2D eigenvalue weighted by Crippen LogP contribution is 2.26. The quantitative estimate of drug-likeness (QED) is 0.725. The Morgan fingerprint density at radius 2 is 1.83 bits per heavy atom. The first-order valence-corrected chi connectivity index (χ1v) is 6.53. The van der Waals surface area contributed by atoms with E-state index < -0.39 is 0 Å². The van der Waals surface area contributed by atoms with Crippen molar-refractivity contribution >= 4 is 5.91 Å². The molecule has 0 radical (unpaired) electrons. The minimum atomic E-state index is -0.117. The average Bonchev–Trinajstić information content (AvgIpc) is 2.35. The van der Waals surface area contributed by atoms with Crippen LogP contribution < -0.4 is 10.6 Å². The Morgan fingerprint density at radius 3 is 2.44 bits per heavy atom. The molecule has 100 valence electrons. The third-order valence-electron chi connectivity index (χ3n) is 3.08. The van der Waals surface area contributed by atoms with Crippen LogP contribution in [0, 0.1) is 0 Å². The van der Waals surface area contributed by atoms with E-state index in [9.17, 15) is 4.79 Å². The summed E-state index contributed by atoms with van der Waals surface area (Å²) in [6, 6.07) is 10.2. The molecule has 1 rings (SSSR count). The van der Waals surface area contributed by atoms with Gasteiger partial charge < -0.3 is 10.6 Å². The molecule has 0 saturated carbocycles. The molecule has 2 N–H and O–H groups in total. The van der Waals surface area contributed by atoms with E-state index in [-0.39, 0.29) is 11.3 Å². The molecule has 3 heteroatoms. The zero-order chi connectivity index (χ0) is 13.4. The first kappa shape index (κ1) is 14.7. The minimum Gasteiger partial charge on any atom is -0.356 e. The molecule has 0 unspecified atom stereocenters. The first-order chi connectivity index (χ1) is 8.56. The van der Waals surface area contributed by atoms with Crippen LogP contribution >= 0.6 is 0 Å². The molecule has 0 saturated heterocycles. The molecule has 0 spiro atoms. The van der Waals surface area contributed by atoms with E-state index in [2.05, 4.69) is 36.6 Å². The van der Waals surface area contributed by atoms with E-state index in [0.717, 1.165) is 19.5 Å².